The van der Waals surface area contributed by atoms with Gasteiger partial charge in [0.1, 0.15) is 0 Å². The Balaban J connectivity index is 2.78. The number of carbonyl (C=O) groups is 1. The number of nitro groups is 1. The summed E-state index contributed by atoms with van der Waals surface area (Å²) in [6, 6.07) is 4.66. The third kappa shape index (κ3) is 3.94. The molecular weight excluding hydrogens is 248 g/mol. The zero-order valence-electron chi connectivity index (χ0n) is 11.4. The van der Waals surface area contributed by atoms with E-state index in [1.807, 2.05) is 13.8 Å². The summed E-state index contributed by atoms with van der Waals surface area (Å²) in [7, 11) is 0. The van der Waals surface area contributed by atoms with E-state index in [2.05, 4.69) is 0 Å². The number of rotatable bonds is 6. The lowest BCUT2D eigenvalue weighted by Crippen LogP contribution is -2.34. The highest BCUT2D eigenvalue weighted by Crippen LogP contribution is 2.27. The molecule has 0 unspecified atom stereocenters. The van der Waals surface area contributed by atoms with Gasteiger partial charge < -0.3 is 9.64 Å². The monoisotopic (exact) mass is 266 g/mol. The van der Waals surface area contributed by atoms with Crippen LogP contribution in [0.3, 0.4) is 0 Å². The predicted molar refractivity (Wildman–Crippen MR) is 71.3 cm³/mol. The number of aryl methyl sites for hydroxylation is 1. The Hall–Kier alpha value is -2.11. The number of ether oxygens (including phenoxy) is 1. The zero-order chi connectivity index (χ0) is 14.4. The minimum Gasteiger partial charge on any atom is -0.477 e. The van der Waals surface area contributed by atoms with Gasteiger partial charge in [0.05, 0.1) is 4.92 Å². The molecule has 1 amide bonds. The second-order valence-electron chi connectivity index (χ2n) is 4.08. The fourth-order valence-electron chi connectivity index (χ4n) is 1.70. The molecule has 6 heteroatoms. The first kappa shape index (κ1) is 14.9. The van der Waals surface area contributed by atoms with Crippen LogP contribution in [0.5, 0.6) is 5.75 Å². The fourth-order valence-corrected chi connectivity index (χ4v) is 1.70. The van der Waals surface area contributed by atoms with Crippen molar-refractivity contribution in [1.29, 1.82) is 0 Å². The Morgan fingerprint density at radius 2 is 2.00 bits per heavy atom. The number of hydrogen-bond acceptors (Lipinski definition) is 4. The number of benzene rings is 1. The van der Waals surface area contributed by atoms with Gasteiger partial charge >= 0.3 is 5.69 Å². The predicted octanol–water partition coefficient (Wildman–Crippen LogP) is 2.15. The quantitative estimate of drug-likeness (QED) is 0.584. The third-order valence-corrected chi connectivity index (χ3v) is 2.78. The normalized spacial score (nSPS) is 10.1. The average molecular weight is 266 g/mol. The molecule has 0 saturated heterocycles. The van der Waals surface area contributed by atoms with Gasteiger partial charge in [0.2, 0.25) is 0 Å². The highest BCUT2D eigenvalue weighted by molar-refractivity contribution is 5.77. The lowest BCUT2D eigenvalue weighted by atomic mass is 10.2. The molecule has 0 aliphatic heterocycles. The van der Waals surface area contributed by atoms with Crippen molar-refractivity contribution in [3.8, 4) is 5.75 Å². The Morgan fingerprint density at radius 3 is 2.53 bits per heavy atom. The van der Waals surface area contributed by atoms with E-state index in [1.54, 1.807) is 17.9 Å². The first-order chi connectivity index (χ1) is 8.99. The van der Waals surface area contributed by atoms with Gasteiger partial charge in [-0.1, -0.05) is 6.07 Å². The molecule has 1 rings (SSSR count). The molecule has 0 bridgehead atoms. The highest BCUT2D eigenvalue weighted by Gasteiger charge is 2.17. The molecule has 0 aliphatic rings. The van der Waals surface area contributed by atoms with Crippen LogP contribution in [0, 0.1) is 17.0 Å². The fraction of sp³-hybridized carbons (Fsp3) is 0.462. The minimum atomic E-state index is -0.510. The van der Waals surface area contributed by atoms with Crippen LogP contribution in [0.2, 0.25) is 0 Å². The van der Waals surface area contributed by atoms with E-state index in [4.69, 9.17) is 4.74 Å². The average Bonchev–Trinajstić information content (AvgIpc) is 2.38. The molecule has 1 aromatic carbocycles. The molecule has 0 N–H and O–H groups in total. The van der Waals surface area contributed by atoms with Gasteiger partial charge in [0.25, 0.3) is 5.91 Å². The highest BCUT2D eigenvalue weighted by atomic mass is 16.6. The maximum atomic E-state index is 11.8. The molecule has 0 saturated carbocycles. The van der Waals surface area contributed by atoms with Crippen LogP contribution in [0.1, 0.15) is 19.4 Å². The number of nitrogens with zero attached hydrogens (tertiary/aromatic N) is 2. The van der Waals surface area contributed by atoms with Crippen LogP contribution in [-0.2, 0) is 4.79 Å². The summed E-state index contributed by atoms with van der Waals surface area (Å²) in [5.74, 6) is -0.0593. The molecule has 1 aromatic rings. The van der Waals surface area contributed by atoms with Crippen molar-refractivity contribution in [2.45, 2.75) is 20.8 Å². The standard InChI is InChI=1S/C13H18N2O4/c1-4-14(5-2)13(16)9-19-12-7-6-10(3)8-11(12)15(17)18/h6-8H,4-5,9H2,1-3H3. The van der Waals surface area contributed by atoms with Crippen molar-refractivity contribution in [2.75, 3.05) is 19.7 Å². The van der Waals surface area contributed by atoms with E-state index in [0.717, 1.165) is 5.56 Å². The van der Waals surface area contributed by atoms with Gasteiger partial charge in [0, 0.05) is 19.2 Å². The van der Waals surface area contributed by atoms with E-state index in [1.165, 1.54) is 12.1 Å². The lowest BCUT2D eigenvalue weighted by Gasteiger charge is -2.18. The minimum absolute atomic E-state index is 0.118. The molecule has 19 heavy (non-hydrogen) atoms. The van der Waals surface area contributed by atoms with Crippen molar-refractivity contribution in [3.63, 3.8) is 0 Å². The summed E-state index contributed by atoms with van der Waals surface area (Å²) in [5.41, 5.74) is 0.654. The maximum Gasteiger partial charge on any atom is 0.311 e. The molecule has 0 aliphatic carbocycles. The summed E-state index contributed by atoms with van der Waals surface area (Å²) in [6.07, 6.45) is 0. The van der Waals surface area contributed by atoms with Crippen LogP contribution in [0.4, 0.5) is 5.69 Å². The maximum absolute atomic E-state index is 11.8. The van der Waals surface area contributed by atoms with Crippen LogP contribution < -0.4 is 4.74 Å². The summed E-state index contributed by atoms with van der Waals surface area (Å²) in [5, 5.41) is 10.9. The van der Waals surface area contributed by atoms with Crippen molar-refractivity contribution < 1.29 is 14.5 Å². The molecular formula is C13H18N2O4. The van der Waals surface area contributed by atoms with E-state index >= 15 is 0 Å². The van der Waals surface area contributed by atoms with Gasteiger partial charge in [-0.15, -0.1) is 0 Å². The molecule has 0 fully saturated rings. The van der Waals surface area contributed by atoms with Crippen LogP contribution in [0.25, 0.3) is 0 Å². The van der Waals surface area contributed by atoms with Gasteiger partial charge in [-0.3, -0.25) is 14.9 Å². The Kier molecular flexibility index (Phi) is 5.29. The largest absolute Gasteiger partial charge is 0.477 e. The summed E-state index contributed by atoms with van der Waals surface area (Å²) in [6.45, 7) is 6.50. The number of nitro benzene ring substituents is 1. The Bertz CT molecular complexity index is 470. The molecule has 6 nitrogen and oxygen atoms in total. The van der Waals surface area contributed by atoms with Crippen molar-refractivity contribution in [2.24, 2.45) is 0 Å². The Morgan fingerprint density at radius 1 is 1.37 bits per heavy atom. The third-order valence-electron chi connectivity index (χ3n) is 2.78. The van der Waals surface area contributed by atoms with Crippen molar-refractivity contribution in [1.82, 2.24) is 4.90 Å². The smallest absolute Gasteiger partial charge is 0.311 e. The van der Waals surface area contributed by atoms with Crippen molar-refractivity contribution >= 4 is 11.6 Å². The molecule has 0 radical (unpaired) electrons. The van der Waals surface area contributed by atoms with Crippen LogP contribution in [-0.4, -0.2) is 35.4 Å². The molecule has 104 valence electrons. The number of amides is 1. The molecule has 0 heterocycles. The van der Waals surface area contributed by atoms with E-state index < -0.39 is 4.92 Å². The second kappa shape index (κ2) is 6.72. The van der Waals surface area contributed by atoms with Crippen LogP contribution in [0.15, 0.2) is 18.2 Å². The topological polar surface area (TPSA) is 72.7 Å². The summed E-state index contributed by atoms with van der Waals surface area (Å²) in [4.78, 5) is 23.8. The zero-order valence-corrected chi connectivity index (χ0v) is 11.4. The van der Waals surface area contributed by atoms with E-state index in [0.29, 0.717) is 13.1 Å². The van der Waals surface area contributed by atoms with Gasteiger partial charge in [-0.25, -0.2) is 0 Å². The number of carbonyl (C=O) groups excluding carboxylic acids is 1. The summed E-state index contributed by atoms with van der Waals surface area (Å²) < 4.78 is 5.27. The first-order valence-corrected chi connectivity index (χ1v) is 6.15. The van der Waals surface area contributed by atoms with Gasteiger partial charge in [-0.05, 0) is 32.4 Å². The number of hydrogen-bond donors (Lipinski definition) is 0. The lowest BCUT2D eigenvalue weighted by molar-refractivity contribution is -0.385. The van der Waals surface area contributed by atoms with Gasteiger partial charge in [-0.2, -0.15) is 0 Å². The summed E-state index contributed by atoms with van der Waals surface area (Å²) >= 11 is 0. The van der Waals surface area contributed by atoms with Crippen molar-refractivity contribution in [3.05, 3.63) is 33.9 Å². The molecule has 0 aromatic heterocycles. The SMILES string of the molecule is CCN(CC)C(=O)COc1ccc(C)cc1[N+](=O)[O-]. The number of likely N-dealkylation sites (N-methyl/N-ethyl adjacent to an activating group) is 1. The molecule has 0 atom stereocenters. The van der Waals surface area contributed by atoms with E-state index in [9.17, 15) is 14.9 Å². The Labute approximate surface area is 112 Å². The van der Waals surface area contributed by atoms with Gasteiger partial charge in [0.15, 0.2) is 12.4 Å². The second-order valence-corrected chi connectivity index (χ2v) is 4.08. The first-order valence-electron chi connectivity index (χ1n) is 6.15. The van der Waals surface area contributed by atoms with E-state index in [-0.39, 0.29) is 24.0 Å². The van der Waals surface area contributed by atoms with Crippen LogP contribution >= 0.6 is 0 Å². The molecule has 0 spiro atoms.